The Hall–Kier alpha value is -2.16. The summed E-state index contributed by atoms with van der Waals surface area (Å²) < 4.78 is 5.59. The first-order valence-electron chi connectivity index (χ1n) is 5.40. The first kappa shape index (κ1) is 11.3. The van der Waals surface area contributed by atoms with Crippen molar-refractivity contribution < 1.29 is 4.74 Å². The Morgan fingerprint density at radius 1 is 1.12 bits per heavy atom. The molecule has 2 aromatic rings. The fraction of sp³-hybridized carbons (Fsp3) is 0.143. The summed E-state index contributed by atoms with van der Waals surface area (Å²) in [5.41, 5.74) is 2.37. The minimum absolute atomic E-state index is 0.426. The Balaban J connectivity index is 2.07. The van der Waals surface area contributed by atoms with Crippen LogP contribution < -0.4 is 4.74 Å². The van der Waals surface area contributed by atoms with Crippen LogP contribution in [-0.2, 0) is 6.61 Å². The minimum Gasteiger partial charge on any atom is -0.489 e. The molecule has 17 heavy (non-hydrogen) atoms. The van der Waals surface area contributed by atoms with Gasteiger partial charge in [0.2, 0.25) is 0 Å². The highest BCUT2D eigenvalue weighted by atomic mass is 16.5. The molecule has 0 unspecified atom stereocenters. The molecule has 86 valence electrons. The van der Waals surface area contributed by atoms with E-state index in [0.29, 0.717) is 18.0 Å². The van der Waals surface area contributed by atoms with Crippen molar-refractivity contribution in [2.75, 3.05) is 0 Å². The van der Waals surface area contributed by atoms with Crippen molar-refractivity contribution in [1.82, 2.24) is 0 Å². The van der Waals surface area contributed by atoms with Gasteiger partial charge >= 0.3 is 0 Å². The summed E-state index contributed by atoms with van der Waals surface area (Å²) in [6.07, 6.45) is 0. The van der Waals surface area contributed by atoms with Crippen LogP contribution in [0.5, 0.6) is 5.75 Å². The maximum atomic E-state index is 10.5. The Labute approximate surface area is 100 Å². The van der Waals surface area contributed by atoms with Gasteiger partial charge in [-0.15, -0.1) is 4.91 Å². The molecule has 0 aliphatic rings. The van der Waals surface area contributed by atoms with E-state index in [-0.39, 0.29) is 0 Å². The minimum atomic E-state index is 0.426. The van der Waals surface area contributed by atoms with Crippen molar-refractivity contribution in [3.63, 3.8) is 0 Å². The van der Waals surface area contributed by atoms with Gasteiger partial charge in [0.15, 0.2) is 0 Å². The topological polar surface area (TPSA) is 38.7 Å². The molecule has 0 atom stereocenters. The zero-order chi connectivity index (χ0) is 12.1. The predicted molar refractivity (Wildman–Crippen MR) is 67.4 cm³/mol. The summed E-state index contributed by atoms with van der Waals surface area (Å²) >= 11 is 0. The van der Waals surface area contributed by atoms with Gasteiger partial charge in [0.05, 0.1) is 0 Å². The molecule has 0 N–H and O–H groups in total. The summed E-state index contributed by atoms with van der Waals surface area (Å²) in [7, 11) is 0. The van der Waals surface area contributed by atoms with Gasteiger partial charge in [-0.2, -0.15) is 0 Å². The van der Waals surface area contributed by atoms with Crippen molar-refractivity contribution in [3.8, 4) is 5.75 Å². The van der Waals surface area contributed by atoms with Crippen LogP contribution in [0, 0.1) is 11.8 Å². The molecular formula is C14H13NO2. The van der Waals surface area contributed by atoms with E-state index >= 15 is 0 Å². The van der Waals surface area contributed by atoms with Crippen LogP contribution in [-0.4, -0.2) is 0 Å². The number of ether oxygens (including phenoxy) is 1. The van der Waals surface area contributed by atoms with Crippen LogP contribution in [0.1, 0.15) is 11.1 Å². The van der Waals surface area contributed by atoms with E-state index in [2.05, 4.69) is 5.18 Å². The summed E-state index contributed by atoms with van der Waals surface area (Å²) in [5.74, 6) is 0.661. The van der Waals surface area contributed by atoms with Crippen LogP contribution >= 0.6 is 0 Å². The molecule has 0 radical (unpaired) electrons. The van der Waals surface area contributed by atoms with Crippen LogP contribution in [0.4, 0.5) is 5.69 Å². The van der Waals surface area contributed by atoms with E-state index < -0.39 is 0 Å². The van der Waals surface area contributed by atoms with Gasteiger partial charge in [0, 0.05) is 6.07 Å². The van der Waals surface area contributed by atoms with E-state index in [4.69, 9.17) is 4.74 Å². The first-order chi connectivity index (χ1) is 8.29. The van der Waals surface area contributed by atoms with Crippen molar-refractivity contribution in [2.24, 2.45) is 5.18 Å². The zero-order valence-corrected chi connectivity index (χ0v) is 9.59. The molecule has 2 aromatic carbocycles. The highest BCUT2D eigenvalue weighted by Gasteiger charge is 2.01. The lowest BCUT2D eigenvalue weighted by atomic mass is 10.2. The van der Waals surface area contributed by atoms with Crippen molar-refractivity contribution in [3.05, 3.63) is 64.6 Å². The van der Waals surface area contributed by atoms with E-state index in [9.17, 15) is 4.91 Å². The van der Waals surface area contributed by atoms with Crippen LogP contribution in [0.3, 0.4) is 0 Å². The molecule has 0 aliphatic carbocycles. The SMILES string of the molecule is Cc1ccc(OCc2ccccc2)cc1N=O. The van der Waals surface area contributed by atoms with Crippen molar-refractivity contribution in [1.29, 1.82) is 0 Å². The molecule has 0 bridgehead atoms. The fourth-order valence-electron chi connectivity index (χ4n) is 1.52. The molecule has 0 aliphatic heterocycles. The highest BCUT2D eigenvalue weighted by molar-refractivity contribution is 5.49. The third kappa shape index (κ3) is 2.91. The van der Waals surface area contributed by atoms with Gasteiger partial charge in [0.1, 0.15) is 18.0 Å². The van der Waals surface area contributed by atoms with Crippen LogP contribution in [0.15, 0.2) is 53.7 Å². The maximum Gasteiger partial charge on any atom is 0.122 e. The Bertz CT molecular complexity index is 509. The lowest BCUT2D eigenvalue weighted by molar-refractivity contribution is 0.306. The molecule has 0 heterocycles. The third-order valence-corrected chi connectivity index (χ3v) is 2.53. The van der Waals surface area contributed by atoms with Crippen LogP contribution in [0.2, 0.25) is 0 Å². The average Bonchev–Trinajstić information content (AvgIpc) is 2.39. The zero-order valence-electron chi connectivity index (χ0n) is 9.59. The molecule has 0 amide bonds. The monoisotopic (exact) mass is 227 g/mol. The second-order valence-corrected chi connectivity index (χ2v) is 3.81. The summed E-state index contributed by atoms with van der Waals surface area (Å²) in [4.78, 5) is 10.5. The Morgan fingerprint density at radius 3 is 2.59 bits per heavy atom. The van der Waals surface area contributed by atoms with Gasteiger partial charge in [-0.3, -0.25) is 0 Å². The van der Waals surface area contributed by atoms with E-state index in [1.54, 1.807) is 6.07 Å². The maximum absolute atomic E-state index is 10.5. The standard InChI is InChI=1S/C14H13NO2/c1-11-7-8-13(9-14(11)15-16)17-10-12-5-3-2-4-6-12/h2-9H,10H2,1H3. The largest absolute Gasteiger partial charge is 0.489 e. The lowest BCUT2D eigenvalue weighted by Gasteiger charge is -2.07. The number of aryl methyl sites for hydroxylation is 1. The van der Waals surface area contributed by atoms with E-state index in [0.717, 1.165) is 11.1 Å². The highest BCUT2D eigenvalue weighted by Crippen LogP contribution is 2.24. The van der Waals surface area contributed by atoms with Gasteiger partial charge in [0.25, 0.3) is 0 Å². The molecule has 2 rings (SSSR count). The average molecular weight is 227 g/mol. The van der Waals surface area contributed by atoms with Gasteiger partial charge < -0.3 is 4.74 Å². The van der Waals surface area contributed by atoms with Gasteiger partial charge in [-0.25, -0.2) is 0 Å². The summed E-state index contributed by atoms with van der Waals surface area (Å²) in [6, 6.07) is 15.2. The number of hydrogen-bond donors (Lipinski definition) is 0. The second-order valence-electron chi connectivity index (χ2n) is 3.81. The van der Waals surface area contributed by atoms with Crippen LogP contribution in [0.25, 0.3) is 0 Å². The summed E-state index contributed by atoms with van der Waals surface area (Å²) in [6.45, 7) is 2.33. The number of nitrogens with zero attached hydrogens (tertiary/aromatic N) is 1. The van der Waals surface area contributed by atoms with Crippen molar-refractivity contribution >= 4 is 5.69 Å². The number of rotatable bonds is 4. The molecule has 0 saturated carbocycles. The molecule has 0 aromatic heterocycles. The fourth-order valence-corrected chi connectivity index (χ4v) is 1.52. The molecule has 3 heteroatoms. The Morgan fingerprint density at radius 2 is 1.88 bits per heavy atom. The smallest absolute Gasteiger partial charge is 0.122 e. The van der Waals surface area contributed by atoms with Gasteiger partial charge in [-0.05, 0) is 29.3 Å². The molecule has 0 fully saturated rings. The third-order valence-electron chi connectivity index (χ3n) is 2.53. The Kier molecular flexibility index (Phi) is 3.50. The predicted octanol–water partition coefficient (Wildman–Crippen LogP) is 3.97. The molecular weight excluding hydrogens is 214 g/mol. The molecule has 0 saturated heterocycles. The first-order valence-corrected chi connectivity index (χ1v) is 5.40. The molecule has 3 nitrogen and oxygen atoms in total. The number of hydrogen-bond acceptors (Lipinski definition) is 3. The number of benzene rings is 2. The van der Waals surface area contributed by atoms with E-state index in [1.807, 2.05) is 49.4 Å². The second kappa shape index (κ2) is 5.25. The molecule has 0 spiro atoms. The summed E-state index contributed by atoms with van der Waals surface area (Å²) in [5, 5.41) is 2.96. The lowest BCUT2D eigenvalue weighted by Crippen LogP contribution is -1.94. The van der Waals surface area contributed by atoms with E-state index in [1.165, 1.54) is 0 Å². The quantitative estimate of drug-likeness (QED) is 0.741. The number of nitroso groups, excluding NO2 is 1. The van der Waals surface area contributed by atoms with Crippen molar-refractivity contribution in [2.45, 2.75) is 13.5 Å². The normalized spacial score (nSPS) is 9.94. The van der Waals surface area contributed by atoms with Gasteiger partial charge in [-0.1, -0.05) is 36.4 Å².